The molecule has 0 aliphatic heterocycles. The van der Waals surface area contributed by atoms with Gasteiger partial charge in [-0.1, -0.05) is 12.1 Å². The van der Waals surface area contributed by atoms with E-state index in [-0.39, 0.29) is 50.4 Å². The molecule has 3 atom stereocenters. The lowest BCUT2D eigenvalue weighted by Gasteiger charge is -2.24. The zero-order chi connectivity index (χ0) is 28.0. The third-order valence-corrected chi connectivity index (χ3v) is 5.04. The van der Waals surface area contributed by atoms with Crippen molar-refractivity contribution in [2.75, 3.05) is 13.1 Å². The number of benzene rings is 1. The molecule has 13 N–H and O–H groups in total. The van der Waals surface area contributed by atoms with Crippen LogP contribution in [0.25, 0.3) is 0 Å². The van der Waals surface area contributed by atoms with E-state index in [1.165, 1.54) is 12.1 Å². The van der Waals surface area contributed by atoms with Crippen LogP contribution in [0.5, 0.6) is 5.75 Å². The van der Waals surface area contributed by atoms with Crippen LogP contribution in [0.1, 0.15) is 31.2 Å². The molecule has 3 unspecified atom stereocenters. The number of primary amides is 1. The van der Waals surface area contributed by atoms with Crippen LogP contribution in [-0.2, 0) is 30.4 Å². The highest BCUT2D eigenvalue weighted by molar-refractivity contribution is 5.94. The van der Waals surface area contributed by atoms with E-state index >= 15 is 0 Å². The maximum Gasteiger partial charge on any atom is 0.322 e. The summed E-state index contributed by atoms with van der Waals surface area (Å²) in [6.07, 6.45) is 0.130. The number of nitrogens with zero attached hydrogens (tertiary/aromatic N) is 1. The summed E-state index contributed by atoms with van der Waals surface area (Å²) in [4.78, 5) is 64.0. The number of aromatic hydroxyl groups is 1. The van der Waals surface area contributed by atoms with Gasteiger partial charge in [0, 0.05) is 19.4 Å². The molecule has 15 nitrogen and oxygen atoms in total. The van der Waals surface area contributed by atoms with Crippen molar-refractivity contribution in [1.82, 2.24) is 16.0 Å². The van der Waals surface area contributed by atoms with Gasteiger partial charge < -0.3 is 49.1 Å². The quantitative estimate of drug-likeness (QED) is 0.0593. The average Bonchev–Trinajstić information content (AvgIpc) is 2.83. The Morgan fingerprint density at radius 1 is 0.892 bits per heavy atom. The highest BCUT2D eigenvalue weighted by Crippen LogP contribution is 2.12. The Labute approximate surface area is 213 Å². The third-order valence-electron chi connectivity index (χ3n) is 5.04. The van der Waals surface area contributed by atoms with Gasteiger partial charge >= 0.3 is 5.97 Å². The SMILES string of the molecule is NC(=O)CCC(N)C(=O)NC(Cc1ccc(O)cc1)C(=O)NC(CCCN=C(N)N)C(=O)NCC(=O)O. The lowest BCUT2D eigenvalue weighted by molar-refractivity contribution is -0.138. The maximum atomic E-state index is 13.2. The summed E-state index contributed by atoms with van der Waals surface area (Å²) in [5.41, 5.74) is 22.0. The number of carbonyl (C=O) groups excluding carboxylic acids is 4. The van der Waals surface area contributed by atoms with E-state index in [2.05, 4.69) is 20.9 Å². The number of aliphatic imine (C=N–C) groups is 1. The van der Waals surface area contributed by atoms with E-state index in [0.717, 1.165) is 0 Å². The van der Waals surface area contributed by atoms with Crippen LogP contribution in [0.15, 0.2) is 29.3 Å². The Kier molecular flexibility index (Phi) is 12.9. The Morgan fingerprint density at radius 3 is 2.08 bits per heavy atom. The second-order valence-electron chi connectivity index (χ2n) is 8.16. The first-order chi connectivity index (χ1) is 17.4. The fourth-order valence-electron chi connectivity index (χ4n) is 3.12. The second kappa shape index (κ2) is 15.6. The second-order valence-corrected chi connectivity index (χ2v) is 8.16. The summed E-state index contributed by atoms with van der Waals surface area (Å²) in [5, 5.41) is 25.6. The first-order valence-electron chi connectivity index (χ1n) is 11.4. The standard InChI is InChI=1S/C22H34N8O7/c23-14(7-8-17(24)32)19(35)30-16(10-12-3-5-13(31)6-4-12)21(37)29-15(2-1-9-27-22(25)26)20(36)28-11-18(33)34/h3-6,14-16,31H,1-2,7-11,23H2,(H2,24,32)(H,28,36)(H,29,37)(H,30,35)(H,33,34)(H4,25,26,27). The molecule has 204 valence electrons. The molecule has 1 aromatic carbocycles. The van der Waals surface area contributed by atoms with Crippen LogP contribution in [0.4, 0.5) is 0 Å². The van der Waals surface area contributed by atoms with E-state index < -0.39 is 54.3 Å². The van der Waals surface area contributed by atoms with Gasteiger partial charge in [0.15, 0.2) is 5.96 Å². The Morgan fingerprint density at radius 2 is 1.51 bits per heavy atom. The average molecular weight is 523 g/mol. The van der Waals surface area contributed by atoms with E-state index in [1.54, 1.807) is 12.1 Å². The number of phenolic OH excluding ortho intramolecular Hbond substituents is 1. The molecule has 1 aromatic rings. The number of hydrogen-bond donors (Lipinski definition) is 9. The molecule has 0 aromatic heterocycles. The summed E-state index contributed by atoms with van der Waals surface area (Å²) in [5.74, 6) is -4.30. The lowest BCUT2D eigenvalue weighted by Crippen LogP contribution is -2.56. The number of hydrogen-bond acceptors (Lipinski definition) is 8. The number of carbonyl (C=O) groups is 5. The minimum absolute atomic E-state index is 0.00167. The summed E-state index contributed by atoms with van der Waals surface area (Å²) in [7, 11) is 0. The predicted octanol–water partition coefficient (Wildman–Crippen LogP) is -3.25. The molecule has 0 bridgehead atoms. The van der Waals surface area contributed by atoms with Gasteiger partial charge in [0.1, 0.15) is 24.4 Å². The van der Waals surface area contributed by atoms with Gasteiger partial charge in [-0.3, -0.25) is 29.0 Å². The number of carboxylic acid groups (broad SMARTS) is 1. The number of phenols is 1. The molecule has 0 saturated heterocycles. The number of amides is 4. The summed E-state index contributed by atoms with van der Waals surface area (Å²) >= 11 is 0. The van der Waals surface area contributed by atoms with Gasteiger partial charge in [-0.15, -0.1) is 0 Å². The van der Waals surface area contributed by atoms with E-state index in [0.29, 0.717) is 5.56 Å². The topological polar surface area (TPSA) is 278 Å². The zero-order valence-corrected chi connectivity index (χ0v) is 20.2. The summed E-state index contributed by atoms with van der Waals surface area (Å²) in [6.45, 7) is -0.509. The minimum Gasteiger partial charge on any atom is -0.508 e. The summed E-state index contributed by atoms with van der Waals surface area (Å²) < 4.78 is 0. The number of nitrogens with two attached hydrogens (primary N) is 4. The Balaban J connectivity index is 3.06. The molecule has 0 fully saturated rings. The van der Waals surface area contributed by atoms with Gasteiger partial charge in [-0.25, -0.2) is 0 Å². The molecular formula is C22H34N8O7. The first-order valence-corrected chi connectivity index (χ1v) is 11.4. The van der Waals surface area contributed by atoms with Crippen molar-refractivity contribution in [3.8, 4) is 5.75 Å². The van der Waals surface area contributed by atoms with Gasteiger partial charge in [-0.05, 0) is 37.0 Å². The van der Waals surface area contributed by atoms with Crippen molar-refractivity contribution in [2.45, 2.75) is 50.2 Å². The smallest absolute Gasteiger partial charge is 0.322 e. The van der Waals surface area contributed by atoms with Crippen molar-refractivity contribution >= 4 is 35.6 Å². The molecule has 4 amide bonds. The number of rotatable bonds is 16. The lowest BCUT2D eigenvalue weighted by atomic mass is 10.0. The van der Waals surface area contributed by atoms with Crippen LogP contribution in [0.3, 0.4) is 0 Å². The maximum absolute atomic E-state index is 13.2. The monoisotopic (exact) mass is 522 g/mol. The molecule has 1 rings (SSSR count). The van der Waals surface area contributed by atoms with Crippen LogP contribution in [-0.4, -0.2) is 77.0 Å². The molecule has 0 aliphatic carbocycles. The van der Waals surface area contributed by atoms with Gasteiger partial charge in [0.2, 0.25) is 23.6 Å². The van der Waals surface area contributed by atoms with Gasteiger partial charge in [0.05, 0.1) is 6.04 Å². The first kappa shape index (κ1) is 30.6. The largest absolute Gasteiger partial charge is 0.508 e. The molecule has 0 spiro atoms. The van der Waals surface area contributed by atoms with Crippen LogP contribution >= 0.6 is 0 Å². The molecule has 15 heteroatoms. The predicted molar refractivity (Wildman–Crippen MR) is 133 cm³/mol. The van der Waals surface area contributed by atoms with Crippen molar-refractivity contribution in [1.29, 1.82) is 0 Å². The Hall–Kier alpha value is -4.40. The molecule has 0 heterocycles. The number of guanidine groups is 1. The zero-order valence-electron chi connectivity index (χ0n) is 20.2. The van der Waals surface area contributed by atoms with Crippen LogP contribution in [0.2, 0.25) is 0 Å². The summed E-state index contributed by atoms with van der Waals surface area (Å²) in [6, 6.07) is 2.39. The van der Waals surface area contributed by atoms with Crippen LogP contribution in [0, 0.1) is 0 Å². The van der Waals surface area contributed by atoms with Crippen molar-refractivity contribution < 1.29 is 34.2 Å². The molecule has 0 saturated carbocycles. The minimum atomic E-state index is -1.28. The fraction of sp³-hybridized carbons (Fsp3) is 0.455. The molecular weight excluding hydrogens is 488 g/mol. The number of carboxylic acids is 1. The van der Waals surface area contributed by atoms with Crippen molar-refractivity contribution in [3.63, 3.8) is 0 Å². The van der Waals surface area contributed by atoms with E-state index in [4.69, 9.17) is 28.0 Å². The normalized spacial score (nSPS) is 12.9. The third kappa shape index (κ3) is 12.7. The molecule has 0 aliphatic rings. The van der Waals surface area contributed by atoms with E-state index in [9.17, 15) is 29.1 Å². The molecule has 37 heavy (non-hydrogen) atoms. The van der Waals surface area contributed by atoms with Gasteiger partial charge in [0.25, 0.3) is 0 Å². The van der Waals surface area contributed by atoms with Crippen molar-refractivity contribution in [2.24, 2.45) is 27.9 Å². The van der Waals surface area contributed by atoms with Gasteiger partial charge in [-0.2, -0.15) is 0 Å². The van der Waals surface area contributed by atoms with Crippen LogP contribution < -0.4 is 38.9 Å². The highest BCUT2D eigenvalue weighted by atomic mass is 16.4. The van der Waals surface area contributed by atoms with E-state index in [1.807, 2.05) is 0 Å². The number of aliphatic carboxylic acids is 1. The number of nitrogens with one attached hydrogen (secondary N) is 3. The Bertz CT molecular complexity index is 980. The van der Waals surface area contributed by atoms with Crippen molar-refractivity contribution in [3.05, 3.63) is 29.8 Å². The highest BCUT2D eigenvalue weighted by Gasteiger charge is 2.28. The molecule has 0 radical (unpaired) electrons. The fourth-order valence-corrected chi connectivity index (χ4v) is 3.12.